The lowest BCUT2D eigenvalue weighted by molar-refractivity contribution is -0.129. The Bertz CT molecular complexity index is 434. The standard InChI is InChI=1S/C15H20N2O.ClH/c1-11-2-4-12(5-3-11)6-15(18)17-9-13-7-16-8-14(13)10-17;/h2-5,13-14,16H,6-10H2,1H3;1H/t13-,14+;. The SMILES string of the molecule is Cc1ccc(CC(=O)N2C[C@H]3CNC[C@H]3C2)cc1.Cl. The monoisotopic (exact) mass is 280 g/mol. The maximum atomic E-state index is 12.2. The minimum Gasteiger partial charge on any atom is -0.342 e. The fourth-order valence-electron chi connectivity index (χ4n) is 3.05. The largest absolute Gasteiger partial charge is 0.342 e. The second-order valence-corrected chi connectivity index (χ2v) is 5.64. The number of fused-ring (bicyclic) bond motifs is 1. The van der Waals surface area contributed by atoms with E-state index in [2.05, 4.69) is 41.4 Å². The third-order valence-electron chi connectivity index (χ3n) is 4.22. The molecule has 2 fully saturated rings. The van der Waals surface area contributed by atoms with Crippen molar-refractivity contribution < 1.29 is 4.79 Å². The maximum Gasteiger partial charge on any atom is 0.227 e. The van der Waals surface area contributed by atoms with Gasteiger partial charge in [0.2, 0.25) is 5.91 Å². The first kappa shape index (κ1) is 14.4. The first-order valence-electron chi connectivity index (χ1n) is 6.76. The average molecular weight is 281 g/mol. The van der Waals surface area contributed by atoms with Crippen molar-refractivity contribution in [3.8, 4) is 0 Å². The fourth-order valence-corrected chi connectivity index (χ4v) is 3.05. The summed E-state index contributed by atoms with van der Waals surface area (Å²) in [5.41, 5.74) is 2.37. The Morgan fingerprint density at radius 2 is 1.79 bits per heavy atom. The Morgan fingerprint density at radius 1 is 1.21 bits per heavy atom. The Morgan fingerprint density at radius 3 is 2.37 bits per heavy atom. The molecule has 3 nitrogen and oxygen atoms in total. The van der Waals surface area contributed by atoms with Gasteiger partial charge in [-0.15, -0.1) is 12.4 Å². The molecule has 104 valence electrons. The summed E-state index contributed by atoms with van der Waals surface area (Å²) < 4.78 is 0. The molecule has 0 aromatic heterocycles. The highest BCUT2D eigenvalue weighted by Gasteiger charge is 2.37. The van der Waals surface area contributed by atoms with Crippen LogP contribution in [0.25, 0.3) is 0 Å². The van der Waals surface area contributed by atoms with Crippen LogP contribution < -0.4 is 5.32 Å². The van der Waals surface area contributed by atoms with E-state index in [1.165, 1.54) is 5.56 Å². The highest BCUT2D eigenvalue weighted by atomic mass is 35.5. The topological polar surface area (TPSA) is 32.3 Å². The van der Waals surface area contributed by atoms with Gasteiger partial charge in [-0.05, 0) is 24.3 Å². The molecule has 0 aliphatic carbocycles. The molecule has 2 aliphatic rings. The number of nitrogens with one attached hydrogen (secondary N) is 1. The predicted molar refractivity (Wildman–Crippen MR) is 78.6 cm³/mol. The molecule has 1 amide bonds. The van der Waals surface area contributed by atoms with Crippen molar-refractivity contribution in [1.82, 2.24) is 10.2 Å². The van der Waals surface area contributed by atoms with E-state index in [0.29, 0.717) is 18.3 Å². The number of amides is 1. The quantitative estimate of drug-likeness (QED) is 0.893. The zero-order valence-corrected chi connectivity index (χ0v) is 12.1. The maximum absolute atomic E-state index is 12.2. The summed E-state index contributed by atoms with van der Waals surface area (Å²) in [6, 6.07) is 8.27. The van der Waals surface area contributed by atoms with Gasteiger partial charge in [-0.1, -0.05) is 29.8 Å². The van der Waals surface area contributed by atoms with E-state index in [4.69, 9.17) is 0 Å². The van der Waals surface area contributed by atoms with Crippen LogP contribution in [-0.2, 0) is 11.2 Å². The van der Waals surface area contributed by atoms with Crippen LogP contribution in [0.1, 0.15) is 11.1 Å². The van der Waals surface area contributed by atoms with Crippen LogP contribution in [0.2, 0.25) is 0 Å². The molecule has 0 saturated carbocycles. The number of hydrogen-bond donors (Lipinski definition) is 1. The van der Waals surface area contributed by atoms with Crippen LogP contribution in [0.5, 0.6) is 0 Å². The zero-order valence-electron chi connectivity index (χ0n) is 11.3. The molecule has 1 aromatic rings. The van der Waals surface area contributed by atoms with E-state index < -0.39 is 0 Å². The molecule has 2 aliphatic heterocycles. The van der Waals surface area contributed by atoms with Crippen LogP contribution in [0.4, 0.5) is 0 Å². The lowest BCUT2D eigenvalue weighted by Crippen LogP contribution is -2.32. The number of benzene rings is 1. The Hall–Kier alpha value is -1.06. The van der Waals surface area contributed by atoms with Gasteiger partial charge in [-0.25, -0.2) is 0 Å². The van der Waals surface area contributed by atoms with Crippen LogP contribution in [0.15, 0.2) is 24.3 Å². The zero-order chi connectivity index (χ0) is 12.5. The van der Waals surface area contributed by atoms with Crippen LogP contribution in [0, 0.1) is 18.8 Å². The van der Waals surface area contributed by atoms with Crippen LogP contribution in [0.3, 0.4) is 0 Å². The molecule has 2 saturated heterocycles. The molecule has 3 rings (SSSR count). The molecule has 1 aromatic carbocycles. The minimum absolute atomic E-state index is 0. The van der Waals surface area contributed by atoms with E-state index in [1.807, 2.05) is 0 Å². The molecule has 19 heavy (non-hydrogen) atoms. The Kier molecular flexibility index (Phi) is 4.48. The lowest BCUT2D eigenvalue weighted by atomic mass is 10.0. The van der Waals surface area contributed by atoms with Crippen molar-refractivity contribution in [3.05, 3.63) is 35.4 Å². The smallest absolute Gasteiger partial charge is 0.227 e. The van der Waals surface area contributed by atoms with Crippen molar-refractivity contribution in [1.29, 1.82) is 0 Å². The van der Waals surface area contributed by atoms with Crippen molar-refractivity contribution in [2.45, 2.75) is 13.3 Å². The van der Waals surface area contributed by atoms with E-state index in [0.717, 1.165) is 31.7 Å². The van der Waals surface area contributed by atoms with Gasteiger partial charge >= 0.3 is 0 Å². The van der Waals surface area contributed by atoms with E-state index in [1.54, 1.807) is 0 Å². The molecule has 0 spiro atoms. The van der Waals surface area contributed by atoms with Gasteiger partial charge in [0.25, 0.3) is 0 Å². The van der Waals surface area contributed by atoms with Crippen molar-refractivity contribution in [2.75, 3.05) is 26.2 Å². The summed E-state index contributed by atoms with van der Waals surface area (Å²) in [6.07, 6.45) is 0.549. The summed E-state index contributed by atoms with van der Waals surface area (Å²) in [5.74, 6) is 1.66. The van der Waals surface area contributed by atoms with Crippen molar-refractivity contribution >= 4 is 18.3 Å². The summed E-state index contributed by atoms with van der Waals surface area (Å²) in [4.78, 5) is 14.3. The minimum atomic E-state index is 0. The third-order valence-corrected chi connectivity index (χ3v) is 4.22. The van der Waals surface area contributed by atoms with Gasteiger partial charge < -0.3 is 10.2 Å². The molecule has 4 heteroatoms. The molecule has 2 heterocycles. The van der Waals surface area contributed by atoms with Gasteiger partial charge in [0.05, 0.1) is 6.42 Å². The van der Waals surface area contributed by atoms with Crippen molar-refractivity contribution in [3.63, 3.8) is 0 Å². The first-order valence-corrected chi connectivity index (χ1v) is 6.76. The molecule has 1 N–H and O–H groups in total. The number of likely N-dealkylation sites (tertiary alicyclic amines) is 1. The molecule has 2 atom stereocenters. The van der Waals surface area contributed by atoms with Crippen LogP contribution >= 0.6 is 12.4 Å². The lowest BCUT2D eigenvalue weighted by Gasteiger charge is -2.17. The number of hydrogen-bond acceptors (Lipinski definition) is 2. The van der Waals surface area contributed by atoms with E-state index in [-0.39, 0.29) is 18.3 Å². The fraction of sp³-hybridized carbons (Fsp3) is 0.533. The van der Waals surface area contributed by atoms with E-state index >= 15 is 0 Å². The third kappa shape index (κ3) is 3.10. The average Bonchev–Trinajstić information content (AvgIpc) is 2.92. The number of halogens is 1. The normalized spacial score (nSPS) is 25.0. The number of nitrogens with zero attached hydrogens (tertiary/aromatic N) is 1. The molecular weight excluding hydrogens is 260 g/mol. The molecule has 0 unspecified atom stereocenters. The van der Waals surface area contributed by atoms with Gasteiger partial charge in [0.1, 0.15) is 0 Å². The van der Waals surface area contributed by atoms with Crippen LogP contribution in [-0.4, -0.2) is 37.0 Å². The summed E-state index contributed by atoms with van der Waals surface area (Å²) in [5, 5.41) is 3.40. The summed E-state index contributed by atoms with van der Waals surface area (Å²) in [7, 11) is 0. The second-order valence-electron chi connectivity index (χ2n) is 5.64. The summed E-state index contributed by atoms with van der Waals surface area (Å²) in [6.45, 7) is 6.13. The molecule has 0 radical (unpaired) electrons. The van der Waals surface area contributed by atoms with Crippen molar-refractivity contribution in [2.24, 2.45) is 11.8 Å². The first-order chi connectivity index (χ1) is 8.72. The second kappa shape index (κ2) is 5.93. The number of rotatable bonds is 2. The molecule has 0 bridgehead atoms. The van der Waals surface area contributed by atoms with Gasteiger partial charge in [0.15, 0.2) is 0 Å². The van der Waals surface area contributed by atoms with Gasteiger partial charge in [0, 0.05) is 26.2 Å². The van der Waals surface area contributed by atoms with E-state index in [9.17, 15) is 4.79 Å². The number of carbonyl (C=O) groups is 1. The number of aryl methyl sites for hydroxylation is 1. The summed E-state index contributed by atoms with van der Waals surface area (Å²) >= 11 is 0. The Balaban J connectivity index is 0.00000133. The Labute approximate surface area is 120 Å². The van der Waals surface area contributed by atoms with Gasteiger partial charge in [-0.3, -0.25) is 4.79 Å². The highest BCUT2D eigenvalue weighted by molar-refractivity contribution is 5.85. The molecular formula is C15H21ClN2O. The predicted octanol–water partition coefficient (Wildman–Crippen LogP) is 1.64. The number of carbonyl (C=O) groups excluding carboxylic acids is 1. The van der Waals surface area contributed by atoms with Gasteiger partial charge in [-0.2, -0.15) is 0 Å². The highest BCUT2D eigenvalue weighted by Crippen LogP contribution is 2.26.